The number of carbonyl (C=O) groups excluding carboxylic acids is 2. The van der Waals surface area contributed by atoms with Gasteiger partial charge in [-0.05, 0) is 38.5 Å². The van der Waals surface area contributed by atoms with Gasteiger partial charge in [-0.25, -0.2) is 0 Å². The van der Waals surface area contributed by atoms with E-state index < -0.39 is 0 Å². The lowest BCUT2D eigenvalue weighted by atomic mass is 10.1. The Morgan fingerprint density at radius 1 is 1.14 bits per heavy atom. The molecule has 2 aliphatic carbocycles. The zero-order chi connectivity index (χ0) is 14.5. The smallest absolute Gasteiger partial charge is 0.223 e. The van der Waals surface area contributed by atoms with E-state index in [-0.39, 0.29) is 42.2 Å². The van der Waals surface area contributed by atoms with Gasteiger partial charge in [-0.3, -0.25) is 9.59 Å². The molecule has 2 aliphatic rings. The highest BCUT2D eigenvalue weighted by atomic mass is 35.5. The molecular formula is C15H28ClN3O2. The minimum Gasteiger partial charge on any atom is -0.353 e. The van der Waals surface area contributed by atoms with Gasteiger partial charge in [-0.2, -0.15) is 0 Å². The first-order chi connectivity index (χ1) is 9.60. The van der Waals surface area contributed by atoms with Gasteiger partial charge < -0.3 is 16.4 Å². The van der Waals surface area contributed by atoms with E-state index >= 15 is 0 Å². The summed E-state index contributed by atoms with van der Waals surface area (Å²) < 4.78 is 0. The molecule has 0 aliphatic heterocycles. The van der Waals surface area contributed by atoms with Crippen molar-refractivity contribution in [3.05, 3.63) is 0 Å². The molecule has 2 fully saturated rings. The first-order valence-electron chi connectivity index (χ1n) is 7.90. The number of nitrogens with one attached hydrogen (secondary N) is 2. The number of hydrogen-bond donors (Lipinski definition) is 3. The van der Waals surface area contributed by atoms with E-state index in [4.69, 9.17) is 5.73 Å². The third-order valence-corrected chi connectivity index (χ3v) is 4.40. The second-order valence-corrected chi connectivity index (χ2v) is 6.34. The maximum atomic E-state index is 12.0. The van der Waals surface area contributed by atoms with E-state index in [0.717, 1.165) is 38.5 Å². The lowest BCUT2D eigenvalue weighted by molar-refractivity contribution is -0.126. The molecule has 0 aromatic rings. The van der Waals surface area contributed by atoms with Crippen LogP contribution < -0.4 is 16.4 Å². The fourth-order valence-electron chi connectivity index (χ4n) is 3.01. The van der Waals surface area contributed by atoms with Gasteiger partial charge in [0, 0.05) is 31.0 Å². The summed E-state index contributed by atoms with van der Waals surface area (Å²) >= 11 is 0. The van der Waals surface area contributed by atoms with Crippen LogP contribution in [-0.4, -0.2) is 30.4 Å². The van der Waals surface area contributed by atoms with Gasteiger partial charge in [0.2, 0.25) is 11.8 Å². The predicted molar refractivity (Wildman–Crippen MR) is 85.1 cm³/mol. The summed E-state index contributed by atoms with van der Waals surface area (Å²) in [6.45, 7) is 2.39. The topological polar surface area (TPSA) is 84.2 Å². The lowest BCUT2D eigenvalue weighted by Gasteiger charge is -2.20. The number of nitrogens with two attached hydrogens (primary N) is 1. The van der Waals surface area contributed by atoms with Crippen molar-refractivity contribution in [3.8, 4) is 0 Å². The van der Waals surface area contributed by atoms with Gasteiger partial charge in [0.25, 0.3) is 0 Å². The summed E-state index contributed by atoms with van der Waals surface area (Å²) in [7, 11) is 0. The zero-order valence-corrected chi connectivity index (χ0v) is 13.6. The summed E-state index contributed by atoms with van der Waals surface area (Å²) in [5.41, 5.74) is 5.67. The summed E-state index contributed by atoms with van der Waals surface area (Å²) in [5.74, 6) is 0.822. The SMILES string of the molecule is CC(CC(=O)NC(CN)C1CC1)NC(=O)C1CCCC1.Cl. The molecule has 0 aromatic heterocycles. The highest BCUT2D eigenvalue weighted by Gasteiger charge is 2.31. The van der Waals surface area contributed by atoms with E-state index in [1.54, 1.807) is 0 Å². The van der Waals surface area contributed by atoms with Crippen LogP contribution in [0.15, 0.2) is 0 Å². The molecule has 122 valence electrons. The average Bonchev–Trinajstić information content (AvgIpc) is 3.09. The molecule has 2 saturated carbocycles. The molecule has 5 nitrogen and oxygen atoms in total. The van der Waals surface area contributed by atoms with Crippen molar-refractivity contribution < 1.29 is 9.59 Å². The molecule has 2 atom stereocenters. The Hall–Kier alpha value is -0.810. The monoisotopic (exact) mass is 317 g/mol. The van der Waals surface area contributed by atoms with Crippen molar-refractivity contribution in [3.63, 3.8) is 0 Å². The van der Waals surface area contributed by atoms with Crippen LogP contribution in [0.2, 0.25) is 0 Å². The summed E-state index contributed by atoms with van der Waals surface area (Å²) in [4.78, 5) is 23.9. The Labute approximate surface area is 133 Å². The zero-order valence-electron chi connectivity index (χ0n) is 12.8. The van der Waals surface area contributed by atoms with Gasteiger partial charge >= 0.3 is 0 Å². The van der Waals surface area contributed by atoms with Gasteiger partial charge in [0.15, 0.2) is 0 Å². The summed E-state index contributed by atoms with van der Waals surface area (Å²) in [5, 5.41) is 5.94. The maximum absolute atomic E-state index is 12.0. The quantitative estimate of drug-likeness (QED) is 0.662. The second-order valence-electron chi connectivity index (χ2n) is 6.34. The van der Waals surface area contributed by atoms with Crippen molar-refractivity contribution in [2.24, 2.45) is 17.6 Å². The Balaban J connectivity index is 0.00000220. The number of rotatable bonds is 7. The van der Waals surface area contributed by atoms with Crippen molar-refractivity contribution in [1.29, 1.82) is 0 Å². The standard InChI is InChI=1S/C15H27N3O2.ClH/c1-10(17-15(20)12-4-2-3-5-12)8-14(19)18-13(9-16)11-6-7-11;/h10-13H,2-9,16H2,1H3,(H,17,20)(H,18,19);1H. The summed E-state index contributed by atoms with van der Waals surface area (Å²) in [6, 6.07) is 0.000890. The molecule has 2 rings (SSSR count). The van der Waals surface area contributed by atoms with E-state index in [2.05, 4.69) is 10.6 Å². The van der Waals surface area contributed by atoms with Crippen LogP contribution in [0.3, 0.4) is 0 Å². The van der Waals surface area contributed by atoms with E-state index in [9.17, 15) is 9.59 Å². The molecule has 4 N–H and O–H groups in total. The van der Waals surface area contributed by atoms with Crippen LogP contribution in [0.1, 0.15) is 51.9 Å². The fraction of sp³-hybridized carbons (Fsp3) is 0.867. The minimum absolute atomic E-state index is 0. The van der Waals surface area contributed by atoms with Crippen molar-refractivity contribution >= 4 is 24.2 Å². The van der Waals surface area contributed by atoms with Crippen LogP contribution in [0.25, 0.3) is 0 Å². The highest BCUT2D eigenvalue weighted by molar-refractivity contribution is 5.85. The van der Waals surface area contributed by atoms with E-state index in [0.29, 0.717) is 18.9 Å². The first kappa shape index (κ1) is 18.2. The number of halogens is 1. The molecule has 0 aromatic carbocycles. The largest absolute Gasteiger partial charge is 0.353 e. The van der Waals surface area contributed by atoms with Gasteiger partial charge in [0.1, 0.15) is 0 Å². The average molecular weight is 318 g/mol. The third-order valence-electron chi connectivity index (χ3n) is 4.40. The Bertz CT molecular complexity index is 355. The first-order valence-corrected chi connectivity index (χ1v) is 7.90. The third kappa shape index (κ3) is 5.83. The van der Waals surface area contributed by atoms with E-state index in [1.807, 2.05) is 6.92 Å². The molecule has 0 saturated heterocycles. The second kappa shape index (κ2) is 8.59. The minimum atomic E-state index is -0.110. The normalized spacial score (nSPS) is 21.2. The van der Waals surface area contributed by atoms with Crippen LogP contribution in [0.4, 0.5) is 0 Å². The molecule has 0 heterocycles. The molecule has 0 radical (unpaired) electrons. The number of carbonyl (C=O) groups is 2. The van der Waals surface area contributed by atoms with Crippen LogP contribution in [0, 0.1) is 11.8 Å². The number of hydrogen-bond acceptors (Lipinski definition) is 3. The Morgan fingerprint density at radius 3 is 2.29 bits per heavy atom. The molecule has 0 bridgehead atoms. The van der Waals surface area contributed by atoms with Crippen molar-refractivity contribution in [1.82, 2.24) is 10.6 Å². The molecule has 6 heteroatoms. The number of amides is 2. The van der Waals surface area contributed by atoms with Gasteiger partial charge in [0.05, 0.1) is 0 Å². The predicted octanol–water partition coefficient (Wildman–Crippen LogP) is 1.35. The lowest BCUT2D eigenvalue weighted by Crippen LogP contribution is -2.45. The summed E-state index contributed by atoms with van der Waals surface area (Å²) in [6.07, 6.45) is 6.93. The van der Waals surface area contributed by atoms with Gasteiger partial charge in [-0.1, -0.05) is 12.8 Å². The van der Waals surface area contributed by atoms with Crippen LogP contribution >= 0.6 is 12.4 Å². The Kier molecular flexibility index (Phi) is 7.46. The molecule has 2 unspecified atom stereocenters. The van der Waals surface area contributed by atoms with Crippen molar-refractivity contribution in [2.75, 3.05) is 6.54 Å². The fourth-order valence-corrected chi connectivity index (χ4v) is 3.01. The maximum Gasteiger partial charge on any atom is 0.223 e. The highest BCUT2D eigenvalue weighted by Crippen LogP contribution is 2.32. The van der Waals surface area contributed by atoms with Crippen LogP contribution in [0.5, 0.6) is 0 Å². The molecule has 21 heavy (non-hydrogen) atoms. The molecular weight excluding hydrogens is 290 g/mol. The van der Waals surface area contributed by atoms with E-state index in [1.165, 1.54) is 0 Å². The van der Waals surface area contributed by atoms with Crippen LogP contribution in [-0.2, 0) is 9.59 Å². The van der Waals surface area contributed by atoms with Crippen molar-refractivity contribution in [2.45, 2.75) is 64.0 Å². The van der Waals surface area contributed by atoms with Gasteiger partial charge in [-0.15, -0.1) is 12.4 Å². The molecule has 0 spiro atoms. The Morgan fingerprint density at radius 2 is 1.76 bits per heavy atom. The molecule has 2 amide bonds.